The number of rotatable bonds is 4. The molecule has 1 fully saturated rings. The number of aromatic nitrogens is 1. The molecule has 1 aromatic rings. The van der Waals surface area contributed by atoms with Gasteiger partial charge in [0.2, 0.25) is 11.5 Å². The third-order valence-electron chi connectivity index (χ3n) is 4.05. The van der Waals surface area contributed by atoms with Crippen LogP contribution in [-0.4, -0.2) is 34.0 Å². The van der Waals surface area contributed by atoms with E-state index >= 15 is 0 Å². The van der Waals surface area contributed by atoms with Crippen LogP contribution in [0.3, 0.4) is 0 Å². The van der Waals surface area contributed by atoms with Crippen molar-refractivity contribution in [1.82, 2.24) is 10.1 Å². The largest absolute Gasteiger partial charge is 0.353 e. The average molecular weight is 295 g/mol. The minimum Gasteiger partial charge on any atom is -0.353 e. The zero-order valence-corrected chi connectivity index (χ0v) is 12.7. The first-order chi connectivity index (χ1) is 9.93. The standard InChI is InChI=1S/C14H21N3O4/c1-9(2)13-12(17(19)20)11(15-21-13)14(18)16(3)10-7-5-4-6-8-10/h9-10H,4-8H2,1-3H3. The van der Waals surface area contributed by atoms with Gasteiger partial charge in [-0.05, 0) is 12.8 Å². The van der Waals surface area contributed by atoms with Crippen LogP contribution in [0, 0.1) is 10.1 Å². The molecule has 0 N–H and O–H groups in total. The lowest BCUT2D eigenvalue weighted by Crippen LogP contribution is -2.38. The van der Waals surface area contributed by atoms with Crippen LogP contribution >= 0.6 is 0 Å². The number of nitrogens with zero attached hydrogens (tertiary/aromatic N) is 3. The highest BCUT2D eigenvalue weighted by molar-refractivity contribution is 5.96. The van der Waals surface area contributed by atoms with Gasteiger partial charge in [-0.3, -0.25) is 14.9 Å². The highest BCUT2D eigenvalue weighted by Gasteiger charge is 2.36. The fourth-order valence-corrected chi connectivity index (χ4v) is 2.79. The zero-order chi connectivity index (χ0) is 15.6. The minimum atomic E-state index is -0.576. The summed E-state index contributed by atoms with van der Waals surface area (Å²) >= 11 is 0. The molecular formula is C14H21N3O4. The van der Waals surface area contributed by atoms with Crippen molar-refractivity contribution in [3.63, 3.8) is 0 Å². The molecule has 7 heteroatoms. The second-order valence-corrected chi connectivity index (χ2v) is 5.86. The van der Waals surface area contributed by atoms with Crippen molar-refractivity contribution >= 4 is 11.6 Å². The number of nitro groups is 1. The average Bonchev–Trinajstić information content (AvgIpc) is 2.91. The Morgan fingerprint density at radius 2 is 2.00 bits per heavy atom. The predicted molar refractivity (Wildman–Crippen MR) is 76.2 cm³/mol. The van der Waals surface area contributed by atoms with Gasteiger partial charge in [-0.15, -0.1) is 0 Å². The number of hydrogen-bond acceptors (Lipinski definition) is 5. The highest BCUT2D eigenvalue weighted by Crippen LogP contribution is 2.31. The summed E-state index contributed by atoms with van der Waals surface area (Å²) < 4.78 is 5.04. The SMILES string of the molecule is CC(C)c1onc(C(=O)N(C)C2CCCCC2)c1[N+](=O)[O-]. The van der Waals surface area contributed by atoms with E-state index in [2.05, 4.69) is 5.16 Å². The monoisotopic (exact) mass is 295 g/mol. The van der Waals surface area contributed by atoms with Crippen LogP contribution in [0.4, 0.5) is 5.69 Å². The Morgan fingerprint density at radius 3 is 2.52 bits per heavy atom. The summed E-state index contributed by atoms with van der Waals surface area (Å²) in [4.78, 5) is 24.8. The van der Waals surface area contributed by atoms with Crippen LogP contribution in [-0.2, 0) is 0 Å². The van der Waals surface area contributed by atoms with Gasteiger partial charge in [0.1, 0.15) is 0 Å². The fourth-order valence-electron chi connectivity index (χ4n) is 2.79. The van der Waals surface area contributed by atoms with Gasteiger partial charge in [0.15, 0.2) is 0 Å². The van der Waals surface area contributed by atoms with Crippen LogP contribution in [0.2, 0.25) is 0 Å². The molecule has 0 aromatic carbocycles. The maximum atomic E-state index is 12.5. The van der Waals surface area contributed by atoms with E-state index in [9.17, 15) is 14.9 Å². The summed E-state index contributed by atoms with van der Waals surface area (Å²) in [5.74, 6) is -0.468. The topological polar surface area (TPSA) is 89.5 Å². The van der Waals surface area contributed by atoms with Gasteiger partial charge in [-0.25, -0.2) is 0 Å². The van der Waals surface area contributed by atoms with Gasteiger partial charge in [-0.1, -0.05) is 38.3 Å². The first-order valence-electron chi connectivity index (χ1n) is 7.34. The van der Waals surface area contributed by atoms with Gasteiger partial charge in [0.05, 0.1) is 4.92 Å². The van der Waals surface area contributed by atoms with E-state index in [0.29, 0.717) is 0 Å². The first-order valence-corrected chi connectivity index (χ1v) is 7.34. The molecule has 2 rings (SSSR count). The fraction of sp³-hybridized carbons (Fsp3) is 0.714. The molecule has 1 aliphatic rings. The summed E-state index contributed by atoms with van der Waals surface area (Å²) in [7, 11) is 1.69. The second kappa shape index (κ2) is 6.24. The molecule has 1 heterocycles. The van der Waals surface area contributed by atoms with Crippen molar-refractivity contribution in [1.29, 1.82) is 0 Å². The molecule has 21 heavy (non-hydrogen) atoms. The summed E-state index contributed by atoms with van der Waals surface area (Å²) in [5.41, 5.74) is -0.477. The van der Waals surface area contributed by atoms with Crippen molar-refractivity contribution < 1.29 is 14.2 Å². The van der Waals surface area contributed by atoms with Gasteiger partial charge in [-0.2, -0.15) is 0 Å². The maximum absolute atomic E-state index is 12.5. The lowest BCUT2D eigenvalue weighted by molar-refractivity contribution is -0.386. The molecule has 0 unspecified atom stereocenters. The van der Waals surface area contributed by atoms with Gasteiger partial charge < -0.3 is 9.42 Å². The van der Waals surface area contributed by atoms with E-state index in [4.69, 9.17) is 4.52 Å². The molecule has 0 saturated heterocycles. The zero-order valence-electron chi connectivity index (χ0n) is 12.7. The van der Waals surface area contributed by atoms with Crippen LogP contribution in [0.15, 0.2) is 4.52 Å². The Bertz CT molecular complexity index is 532. The molecule has 0 spiro atoms. The van der Waals surface area contributed by atoms with Crippen molar-refractivity contribution in [2.75, 3.05) is 7.05 Å². The van der Waals surface area contributed by atoms with Crippen molar-refractivity contribution in [3.8, 4) is 0 Å². The lowest BCUT2D eigenvalue weighted by atomic mass is 9.94. The molecule has 0 radical (unpaired) electrons. The van der Waals surface area contributed by atoms with Crippen molar-refractivity contribution in [3.05, 3.63) is 21.6 Å². The van der Waals surface area contributed by atoms with Crippen LogP contribution in [0.25, 0.3) is 0 Å². The number of amides is 1. The summed E-state index contributed by atoms with van der Waals surface area (Å²) in [6.45, 7) is 3.54. The van der Waals surface area contributed by atoms with E-state index < -0.39 is 10.8 Å². The minimum absolute atomic E-state index is 0.130. The third-order valence-corrected chi connectivity index (χ3v) is 4.05. The maximum Gasteiger partial charge on any atom is 0.344 e. The Morgan fingerprint density at radius 1 is 1.38 bits per heavy atom. The number of carbonyl (C=O) groups excluding carboxylic acids is 1. The molecule has 1 saturated carbocycles. The van der Waals surface area contributed by atoms with E-state index in [0.717, 1.165) is 25.7 Å². The summed E-state index contributed by atoms with van der Waals surface area (Å²) in [6.07, 6.45) is 5.22. The van der Waals surface area contributed by atoms with Crippen molar-refractivity contribution in [2.45, 2.75) is 57.9 Å². The van der Waals surface area contributed by atoms with E-state index in [1.807, 2.05) is 0 Å². The Labute approximate surface area is 123 Å². The Hall–Kier alpha value is -1.92. The Balaban J connectivity index is 2.28. The van der Waals surface area contributed by atoms with Crippen molar-refractivity contribution in [2.24, 2.45) is 0 Å². The lowest BCUT2D eigenvalue weighted by Gasteiger charge is -2.30. The van der Waals surface area contributed by atoms with E-state index in [1.54, 1.807) is 25.8 Å². The third kappa shape index (κ3) is 3.06. The molecule has 0 bridgehead atoms. The van der Waals surface area contributed by atoms with E-state index in [-0.39, 0.29) is 29.1 Å². The Kier molecular flexibility index (Phi) is 4.59. The van der Waals surface area contributed by atoms with Crippen LogP contribution < -0.4 is 0 Å². The predicted octanol–water partition coefficient (Wildman–Crippen LogP) is 3.11. The highest BCUT2D eigenvalue weighted by atomic mass is 16.6. The molecule has 116 valence electrons. The molecule has 1 aromatic heterocycles. The molecule has 7 nitrogen and oxygen atoms in total. The van der Waals surface area contributed by atoms with Gasteiger partial charge in [0, 0.05) is 19.0 Å². The quantitative estimate of drug-likeness (QED) is 0.629. The summed E-state index contributed by atoms with van der Waals surface area (Å²) in [5, 5.41) is 14.9. The first kappa shape index (κ1) is 15.5. The number of carbonyl (C=O) groups is 1. The second-order valence-electron chi connectivity index (χ2n) is 5.86. The van der Waals surface area contributed by atoms with E-state index in [1.165, 1.54) is 6.42 Å². The van der Waals surface area contributed by atoms with Gasteiger partial charge in [0.25, 0.3) is 5.91 Å². The van der Waals surface area contributed by atoms with Gasteiger partial charge >= 0.3 is 5.69 Å². The molecule has 0 atom stereocenters. The normalized spacial score (nSPS) is 16.2. The van der Waals surface area contributed by atoms with Crippen LogP contribution in [0.1, 0.15) is 68.1 Å². The molecule has 1 amide bonds. The summed E-state index contributed by atoms with van der Waals surface area (Å²) in [6, 6.07) is 0.130. The number of hydrogen-bond donors (Lipinski definition) is 0. The smallest absolute Gasteiger partial charge is 0.344 e. The van der Waals surface area contributed by atoms with Crippen LogP contribution in [0.5, 0.6) is 0 Å². The molecule has 0 aliphatic heterocycles. The molecule has 1 aliphatic carbocycles. The molecular weight excluding hydrogens is 274 g/mol.